The van der Waals surface area contributed by atoms with Crippen molar-refractivity contribution in [1.82, 2.24) is 4.90 Å². The second kappa shape index (κ2) is 4.07. The molecule has 1 atom stereocenters. The lowest BCUT2D eigenvalue weighted by Crippen LogP contribution is -2.29. The van der Waals surface area contributed by atoms with Gasteiger partial charge in [0.25, 0.3) is 0 Å². The fourth-order valence-electron chi connectivity index (χ4n) is 1.29. The molecule has 1 aliphatic carbocycles. The van der Waals surface area contributed by atoms with Gasteiger partial charge in [-0.25, -0.2) is 0 Å². The predicted octanol–water partition coefficient (Wildman–Crippen LogP) is 1.07. The number of nitrogens with zero attached hydrogens (tertiary/aromatic N) is 1. The van der Waals surface area contributed by atoms with Crippen molar-refractivity contribution in [3.8, 4) is 0 Å². The van der Waals surface area contributed by atoms with Crippen molar-refractivity contribution in [3.63, 3.8) is 0 Å². The molecular weight excluding hydrogens is 136 g/mol. The SMILES string of the molecule is CCN(C)CCC(N)C1CC1. The van der Waals surface area contributed by atoms with Crippen molar-refractivity contribution < 1.29 is 0 Å². The summed E-state index contributed by atoms with van der Waals surface area (Å²) in [5.74, 6) is 0.861. The van der Waals surface area contributed by atoms with Crippen molar-refractivity contribution in [1.29, 1.82) is 0 Å². The Morgan fingerprint density at radius 2 is 2.18 bits per heavy atom. The van der Waals surface area contributed by atoms with Gasteiger partial charge in [0.05, 0.1) is 0 Å². The van der Waals surface area contributed by atoms with Gasteiger partial charge in [-0.15, -0.1) is 0 Å². The first-order chi connectivity index (χ1) is 5.24. The second-order valence-electron chi connectivity index (χ2n) is 3.69. The number of hydrogen-bond acceptors (Lipinski definition) is 2. The molecule has 1 unspecified atom stereocenters. The van der Waals surface area contributed by atoms with Gasteiger partial charge < -0.3 is 10.6 Å². The summed E-state index contributed by atoms with van der Waals surface area (Å²) in [5.41, 5.74) is 5.96. The van der Waals surface area contributed by atoms with Crippen molar-refractivity contribution in [2.45, 2.75) is 32.2 Å². The van der Waals surface area contributed by atoms with E-state index in [-0.39, 0.29) is 0 Å². The summed E-state index contributed by atoms with van der Waals surface area (Å²) < 4.78 is 0. The maximum Gasteiger partial charge on any atom is 0.00793 e. The van der Waals surface area contributed by atoms with Crippen LogP contribution in [0.2, 0.25) is 0 Å². The standard InChI is InChI=1S/C9H20N2/c1-3-11(2)7-6-9(10)8-4-5-8/h8-9H,3-7,10H2,1-2H3. The van der Waals surface area contributed by atoms with Crippen LogP contribution in [0.25, 0.3) is 0 Å². The van der Waals surface area contributed by atoms with E-state index in [1.807, 2.05) is 0 Å². The second-order valence-corrected chi connectivity index (χ2v) is 3.69. The summed E-state index contributed by atoms with van der Waals surface area (Å²) in [6.45, 7) is 4.48. The molecule has 0 spiro atoms. The third-order valence-electron chi connectivity index (χ3n) is 2.61. The Labute approximate surface area is 69.8 Å². The summed E-state index contributed by atoms with van der Waals surface area (Å²) >= 11 is 0. The summed E-state index contributed by atoms with van der Waals surface area (Å²) in [6.07, 6.45) is 3.92. The van der Waals surface area contributed by atoms with E-state index in [1.165, 1.54) is 19.3 Å². The van der Waals surface area contributed by atoms with E-state index in [0.29, 0.717) is 6.04 Å². The Balaban J connectivity index is 2.00. The zero-order valence-electron chi connectivity index (χ0n) is 7.71. The quantitative estimate of drug-likeness (QED) is 0.645. The van der Waals surface area contributed by atoms with E-state index >= 15 is 0 Å². The Morgan fingerprint density at radius 3 is 2.64 bits per heavy atom. The molecule has 0 amide bonds. The Hall–Kier alpha value is -0.0800. The van der Waals surface area contributed by atoms with Crippen molar-refractivity contribution in [2.75, 3.05) is 20.1 Å². The van der Waals surface area contributed by atoms with Crippen LogP contribution in [0.4, 0.5) is 0 Å². The third-order valence-corrected chi connectivity index (χ3v) is 2.61. The largest absolute Gasteiger partial charge is 0.327 e. The zero-order chi connectivity index (χ0) is 8.27. The van der Waals surface area contributed by atoms with Crippen LogP contribution in [-0.2, 0) is 0 Å². The lowest BCUT2D eigenvalue weighted by atomic mass is 10.1. The van der Waals surface area contributed by atoms with Gasteiger partial charge in [0, 0.05) is 6.04 Å². The molecule has 66 valence electrons. The fraction of sp³-hybridized carbons (Fsp3) is 1.00. The van der Waals surface area contributed by atoms with Gasteiger partial charge in [-0.3, -0.25) is 0 Å². The van der Waals surface area contributed by atoms with E-state index in [9.17, 15) is 0 Å². The van der Waals surface area contributed by atoms with E-state index in [2.05, 4.69) is 18.9 Å². The number of rotatable bonds is 5. The van der Waals surface area contributed by atoms with Gasteiger partial charge in [-0.2, -0.15) is 0 Å². The molecule has 0 aromatic carbocycles. The first-order valence-corrected chi connectivity index (χ1v) is 4.68. The molecule has 1 aliphatic rings. The van der Waals surface area contributed by atoms with Gasteiger partial charge in [-0.05, 0) is 45.3 Å². The van der Waals surface area contributed by atoms with Crippen LogP contribution in [0.1, 0.15) is 26.2 Å². The molecule has 0 saturated heterocycles. The molecule has 0 radical (unpaired) electrons. The number of nitrogens with two attached hydrogens (primary N) is 1. The van der Waals surface area contributed by atoms with Crippen LogP contribution >= 0.6 is 0 Å². The van der Waals surface area contributed by atoms with E-state index in [4.69, 9.17) is 5.73 Å². The monoisotopic (exact) mass is 156 g/mol. The predicted molar refractivity (Wildman–Crippen MR) is 48.5 cm³/mol. The van der Waals surface area contributed by atoms with Crippen LogP contribution in [0, 0.1) is 5.92 Å². The third kappa shape index (κ3) is 3.21. The zero-order valence-corrected chi connectivity index (χ0v) is 7.71. The maximum atomic E-state index is 5.96. The van der Waals surface area contributed by atoms with E-state index in [0.717, 1.165) is 19.0 Å². The topological polar surface area (TPSA) is 29.3 Å². The lowest BCUT2D eigenvalue weighted by molar-refractivity contribution is 0.327. The molecule has 2 nitrogen and oxygen atoms in total. The highest BCUT2D eigenvalue weighted by Crippen LogP contribution is 2.32. The first kappa shape index (κ1) is 9.01. The molecule has 0 heterocycles. The minimum atomic E-state index is 0.476. The smallest absolute Gasteiger partial charge is 0.00793 e. The molecule has 0 bridgehead atoms. The Kier molecular flexibility index (Phi) is 3.34. The summed E-state index contributed by atoms with van der Waals surface area (Å²) in [4.78, 5) is 2.32. The summed E-state index contributed by atoms with van der Waals surface area (Å²) in [7, 11) is 2.15. The van der Waals surface area contributed by atoms with Gasteiger partial charge >= 0.3 is 0 Å². The minimum Gasteiger partial charge on any atom is -0.327 e. The highest BCUT2D eigenvalue weighted by molar-refractivity contribution is 4.84. The van der Waals surface area contributed by atoms with E-state index < -0.39 is 0 Å². The average molecular weight is 156 g/mol. The maximum absolute atomic E-state index is 5.96. The highest BCUT2D eigenvalue weighted by atomic mass is 15.1. The number of hydrogen-bond donors (Lipinski definition) is 1. The average Bonchev–Trinajstić information content (AvgIpc) is 2.81. The first-order valence-electron chi connectivity index (χ1n) is 4.68. The molecule has 0 aromatic heterocycles. The fourth-order valence-corrected chi connectivity index (χ4v) is 1.29. The molecule has 11 heavy (non-hydrogen) atoms. The molecule has 2 N–H and O–H groups in total. The van der Waals surface area contributed by atoms with Gasteiger partial charge in [0.15, 0.2) is 0 Å². The molecular formula is C9H20N2. The molecule has 0 aliphatic heterocycles. The van der Waals surface area contributed by atoms with Gasteiger partial charge in [0.1, 0.15) is 0 Å². The summed E-state index contributed by atoms with van der Waals surface area (Å²) in [5, 5.41) is 0. The van der Waals surface area contributed by atoms with Crippen molar-refractivity contribution >= 4 is 0 Å². The lowest BCUT2D eigenvalue weighted by Gasteiger charge is -2.16. The van der Waals surface area contributed by atoms with Crippen LogP contribution in [0.3, 0.4) is 0 Å². The van der Waals surface area contributed by atoms with Crippen LogP contribution < -0.4 is 5.73 Å². The minimum absolute atomic E-state index is 0.476. The highest BCUT2D eigenvalue weighted by Gasteiger charge is 2.27. The van der Waals surface area contributed by atoms with Crippen molar-refractivity contribution in [2.24, 2.45) is 11.7 Å². The Morgan fingerprint density at radius 1 is 1.55 bits per heavy atom. The van der Waals surface area contributed by atoms with Gasteiger partial charge in [-0.1, -0.05) is 6.92 Å². The van der Waals surface area contributed by atoms with Crippen LogP contribution in [0.5, 0.6) is 0 Å². The van der Waals surface area contributed by atoms with E-state index in [1.54, 1.807) is 0 Å². The molecule has 1 saturated carbocycles. The molecule has 1 fully saturated rings. The summed E-state index contributed by atoms with van der Waals surface area (Å²) in [6, 6.07) is 0.476. The van der Waals surface area contributed by atoms with Crippen LogP contribution in [0.15, 0.2) is 0 Å². The molecule has 2 heteroatoms. The normalized spacial score (nSPS) is 20.7. The van der Waals surface area contributed by atoms with Crippen LogP contribution in [-0.4, -0.2) is 31.1 Å². The Bertz CT molecular complexity index is 110. The molecule has 1 rings (SSSR count). The van der Waals surface area contributed by atoms with Gasteiger partial charge in [0.2, 0.25) is 0 Å². The van der Waals surface area contributed by atoms with Crippen molar-refractivity contribution in [3.05, 3.63) is 0 Å². The molecule has 0 aromatic rings.